The van der Waals surface area contributed by atoms with Crippen molar-refractivity contribution in [2.45, 2.75) is 11.3 Å². The Bertz CT molecular complexity index is 1270. The van der Waals surface area contributed by atoms with Crippen LogP contribution in [0.1, 0.15) is 15.9 Å². The van der Waals surface area contributed by atoms with Crippen LogP contribution in [0.5, 0.6) is 11.5 Å². The Hall–Kier alpha value is -3.76. The van der Waals surface area contributed by atoms with Crippen molar-refractivity contribution >= 4 is 22.0 Å². The third kappa shape index (κ3) is 5.36. The summed E-state index contributed by atoms with van der Waals surface area (Å²) < 4.78 is 38.5. The second-order valence-electron chi connectivity index (χ2n) is 6.98. The lowest BCUT2D eigenvalue weighted by molar-refractivity contribution is -0.384. The van der Waals surface area contributed by atoms with Crippen LogP contribution in [-0.2, 0) is 16.4 Å². The molecule has 0 bridgehead atoms. The number of non-ortho nitro benzene ring substituents is 1. The van der Waals surface area contributed by atoms with Gasteiger partial charge in [0.05, 0.1) is 24.0 Å². The zero-order valence-electron chi connectivity index (χ0n) is 18.0. The van der Waals surface area contributed by atoms with Gasteiger partial charge in [-0.25, -0.2) is 13.1 Å². The standard InChI is InChI=1S/C23H22N2O7S/c1-31-22-14-16(13-21(23(22)32-2)20-6-4-3-5-17(20)15-26)11-12-24-33(29,30)19-9-7-18(8-10-19)25(27)28/h3-10,13-15,24H,11-12H2,1-2H3. The minimum Gasteiger partial charge on any atom is -0.493 e. The lowest BCUT2D eigenvalue weighted by atomic mass is 9.96. The predicted molar refractivity (Wildman–Crippen MR) is 122 cm³/mol. The van der Waals surface area contributed by atoms with Crippen LogP contribution in [0.25, 0.3) is 11.1 Å². The number of sulfonamides is 1. The van der Waals surface area contributed by atoms with E-state index in [-0.39, 0.29) is 17.1 Å². The van der Waals surface area contributed by atoms with Crippen LogP contribution in [0.2, 0.25) is 0 Å². The molecule has 0 aliphatic carbocycles. The van der Waals surface area contributed by atoms with Gasteiger partial charge in [-0.1, -0.05) is 24.3 Å². The van der Waals surface area contributed by atoms with Crippen molar-refractivity contribution in [1.29, 1.82) is 0 Å². The number of hydrogen-bond donors (Lipinski definition) is 1. The molecule has 1 N–H and O–H groups in total. The number of nitro groups is 1. The summed E-state index contributed by atoms with van der Waals surface area (Å²) in [6.45, 7) is 0.0730. The van der Waals surface area contributed by atoms with Gasteiger partial charge in [-0.2, -0.15) is 0 Å². The van der Waals surface area contributed by atoms with Gasteiger partial charge in [0.25, 0.3) is 5.69 Å². The molecular formula is C23H22N2O7S. The second-order valence-corrected chi connectivity index (χ2v) is 8.75. The molecule has 0 amide bonds. The molecule has 3 aromatic rings. The average molecular weight is 471 g/mol. The van der Waals surface area contributed by atoms with Crippen molar-refractivity contribution in [2.24, 2.45) is 0 Å². The van der Waals surface area contributed by atoms with Gasteiger partial charge < -0.3 is 9.47 Å². The largest absolute Gasteiger partial charge is 0.493 e. The van der Waals surface area contributed by atoms with E-state index in [1.807, 2.05) is 6.07 Å². The quantitative estimate of drug-likeness (QED) is 0.273. The number of nitro benzene ring substituents is 1. The predicted octanol–water partition coefficient (Wildman–Crippen LogP) is 3.61. The molecule has 0 fully saturated rings. The molecule has 33 heavy (non-hydrogen) atoms. The summed E-state index contributed by atoms with van der Waals surface area (Å²) in [7, 11) is -0.852. The molecular weight excluding hydrogens is 448 g/mol. The summed E-state index contributed by atoms with van der Waals surface area (Å²) in [6.07, 6.45) is 1.08. The van der Waals surface area contributed by atoms with Crippen molar-refractivity contribution in [3.63, 3.8) is 0 Å². The van der Waals surface area contributed by atoms with Gasteiger partial charge >= 0.3 is 0 Å². The molecule has 0 radical (unpaired) electrons. The van der Waals surface area contributed by atoms with E-state index < -0.39 is 14.9 Å². The van der Waals surface area contributed by atoms with E-state index in [4.69, 9.17) is 9.47 Å². The fraction of sp³-hybridized carbons (Fsp3) is 0.174. The maximum absolute atomic E-state index is 12.5. The SMILES string of the molecule is COc1cc(CCNS(=O)(=O)c2ccc([N+](=O)[O-])cc2)cc(-c2ccccc2C=O)c1OC. The number of ether oxygens (including phenoxy) is 2. The number of carbonyl (C=O) groups excluding carboxylic acids is 1. The summed E-state index contributed by atoms with van der Waals surface area (Å²) in [5.41, 5.74) is 2.36. The molecule has 0 saturated carbocycles. The van der Waals surface area contributed by atoms with Crippen molar-refractivity contribution < 1.29 is 27.6 Å². The highest BCUT2D eigenvalue weighted by Gasteiger charge is 2.18. The number of benzene rings is 3. The summed E-state index contributed by atoms with van der Waals surface area (Å²) in [5, 5.41) is 10.8. The zero-order valence-corrected chi connectivity index (χ0v) is 18.8. The van der Waals surface area contributed by atoms with E-state index >= 15 is 0 Å². The van der Waals surface area contributed by atoms with Gasteiger partial charge in [-0.3, -0.25) is 14.9 Å². The van der Waals surface area contributed by atoms with Crippen LogP contribution in [0, 0.1) is 10.1 Å². The van der Waals surface area contributed by atoms with E-state index in [0.29, 0.717) is 34.6 Å². The van der Waals surface area contributed by atoms with Gasteiger partial charge in [0.1, 0.15) is 0 Å². The molecule has 0 aromatic heterocycles. The van der Waals surface area contributed by atoms with Gasteiger partial charge in [0.15, 0.2) is 17.8 Å². The summed E-state index contributed by atoms with van der Waals surface area (Å²) >= 11 is 0. The monoisotopic (exact) mass is 470 g/mol. The molecule has 3 rings (SSSR count). The van der Waals surface area contributed by atoms with Crippen molar-refractivity contribution in [2.75, 3.05) is 20.8 Å². The molecule has 0 atom stereocenters. The maximum atomic E-state index is 12.5. The molecule has 0 aliphatic rings. The van der Waals surface area contributed by atoms with Crippen LogP contribution in [-0.4, -0.2) is 40.4 Å². The topological polar surface area (TPSA) is 125 Å². The van der Waals surface area contributed by atoms with Crippen molar-refractivity contribution in [3.8, 4) is 22.6 Å². The van der Waals surface area contributed by atoms with Gasteiger partial charge in [0.2, 0.25) is 10.0 Å². The highest BCUT2D eigenvalue weighted by Crippen LogP contribution is 2.40. The van der Waals surface area contributed by atoms with Crippen LogP contribution >= 0.6 is 0 Å². The fourth-order valence-corrected chi connectivity index (χ4v) is 4.40. The third-order valence-electron chi connectivity index (χ3n) is 4.98. The number of hydrogen-bond acceptors (Lipinski definition) is 7. The maximum Gasteiger partial charge on any atom is 0.269 e. The third-order valence-corrected chi connectivity index (χ3v) is 6.46. The fourth-order valence-electron chi connectivity index (χ4n) is 3.37. The highest BCUT2D eigenvalue weighted by molar-refractivity contribution is 7.89. The van der Waals surface area contributed by atoms with E-state index in [1.165, 1.54) is 26.4 Å². The molecule has 3 aromatic carbocycles. The Kier molecular flexibility index (Phi) is 7.41. The smallest absolute Gasteiger partial charge is 0.269 e. The first-order valence-corrected chi connectivity index (χ1v) is 11.3. The van der Waals surface area contributed by atoms with Crippen molar-refractivity contribution in [1.82, 2.24) is 4.72 Å². The molecule has 10 heteroatoms. The molecule has 0 spiro atoms. The van der Waals surface area contributed by atoms with Crippen LogP contribution in [0.15, 0.2) is 65.6 Å². The summed E-state index contributed by atoms with van der Waals surface area (Å²) in [4.78, 5) is 21.6. The Labute approximate surface area is 191 Å². The molecule has 0 heterocycles. The zero-order chi connectivity index (χ0) is 24.0. The highest BCUT2D eigenvalue weighted by atomic mass is 32.2. The first-order chi connectivity index (χ1) is 15.8. The minimum atomic E-state index is -3.85. The lowest BCUT2D eigenvalue weighted by Gasteiger charge is -2.16. The van der Waals surface area contributed by atoms with E-state index in [0.717, 1.165) is 24.0 Å². The van der Waals surface area contributed by atoms with Crippen LogP contribution < -0.4 is 14.2 Å². The minimum absolute atomic E-state index is 0.0685. The number of carbonyl (C=O) groups is 1. The summed E-state index contributed by atoms with van der Waals surface area (Å²) in [5.74, 6) is 0.908. The second kappa shape index (κ2) is 10.2. The number of aldehydes is 1. The number of nitrogens with one attached hydrogen (secondary N) is 1. The first kappa shape index (κ1) is 23.9. The number of nitrogens with zero attached hydrogens (tertiary/aromatic N) is 1. The lowest BCUT2D eigenvalue weighted by Crippen LogP contribution is -2.26. The molecule has 0 aliphatic heterocycles. The Morgan fingerprint density at radius 2 is 1.70 bits per heavy atom. The number of methoxy groups -OCH3 is 2. The normalized spacial score (nSPS) is 11.1. The van der Waals surface area contributed by atoms with Gasteiger partial charge in [0, 0.05) is 29.8 Å². The first-order valence-electron chi connectivity index (χ1n) is 9.84. The van der Waals surface area contributed by atoms with Gasteiger partial charge in [-0.15, -0.1) is 0 Å². The molecule has 0 unspecified atom stereocenters. The Morgan fingerprint density at radius 3 is 2.30 bits per heavy atom. The van der Waals surface area contributed by atoms with Crippen molar-refractivity contribution in [3.05, 3.63) is 81.9 Å². The number of rotatable bonds is 10. The van der Waals surface area contributed by atoms with Crippen LogP contribution in [0.4, 0.5) is 5.69 Å². The average Bonchev–Trinajstić information content (AvgIpc) is 2.83. The van der Waals surface area contributed by atoms with E-state index in [1.54, 1.807) is 30.3 Å². The van der Waals surface area contributed by atoms with E-state index in [2.05, 4.69) is 4.72 Å². The molecule has 0 saturated heterocycles. The van der Waals surface area contributed by atoms with Gasteiger partial charge in [-0.05, 0) is 41.8 Å². The van der Waals surface area contributed by atoms with E-state index in [9.17, 15) is 23.3 Å². The Balaban J connectivity index is 1.85. The Morgan fingerprint density at radius 1 is 1.00 bits per heavy atom. The van der Waals surface area contributed by atoms with Crippen LogP contribution in [0.3, 0.4) is 0 Å². The summed E-state index contributed by atoms with van der Waals surface area (Å²) in [6, 6.07) is 15.3. The molecule has 9 nitrogen and oxygen atoms in total. The molecule has 172 valence electrons.